The van der Waals surface area contributed by atoms with Gasteiger partial charge in [0.15, 0.2) is 0 Å². The van der Waals surface area contributed by atoms with Gasteiger partial charge in [0.05, 0.1) is 19.3 Å². The van der Waals surface area contributed by atoms with Crippen molar-refractivity contribution >= 4 is 33.9 Å². The minimum atomic E-state index is -0.481. The van der Waals surface area contributed by atoms with Crippen LogP contribution in [0, 0.1) is 11.3 Å². The number of carbonyl (C=O) groups excluding carboxylic acids is 1. The first kappa shape index (κ1) is 19.3. The van der Waals surface area contributed by atoms with Gasteiger partial charge in [0, 0.05) is 36.3 Å². The maximum atomic E-state index is 12.3. The Morgan fingerprint density at radius 1 is 1.36 bits per heavy atom. The number of methoxy groups -OCH3 is 2. The number of hydrogen-bond donors (Lipinski definition) is 0. The average molecular weight is 379 g/mol. The van der Waals surface area contributed by atoms with Gasteiger partial charge in [-0.1, -0.05) is 29.8 Å². The molecule has 0 unspecified atom stereocenters. The molecule has 2 rings (SSSR count). The van der Waals surface area contributed by atoms with E-state index in [4.69, 9.17) is 21.1 Å². The predicted octanol–water partition coefficient (Wildman–Crippen LogP) is 4.20. The summed E-state index contributed by atoms with van der Waals surface area (Å²) < 4.78 is 10.1. The maximum Gasteiger partial charge on any atom is 0.348 e. The Kier molecular flexibility index (Phi) is 6.82. The summed E-state index contributed by atoms with van der Waals surface area (Å²) in [6.07, 6.45) is 0. The quantitative estimate of drug-likeness (QED) is 0.675. The molecule has 5 nitrogen and oxygen atoms in total. The fourth-order valence-corrected chi connectivity index (χ4v) is 4.01. The molecule has 0 atom stereocenters. The first-order valence-corrected chi connectivity index (χ1v) is 8.92. The van der Waals surface area contributed by atoms with Gasteiger partial charge in [-0.15, -0.1) is 11.3 Å². The average Bonchev–Trinajstić information content (AvgIpc) is 3.01. The summed E-state index contributed by atoms with van der Waals surface area (Å²) in [5.41, 5.74) is 1.60. The highest BCUT2D eigenvalue weighted by atomic mass is 35.5. The van der Waals surface area contributed by atoms with Crippen LogP contribution < -0.4 is 4.90 Å². The summed E-state index contributed by atoms with van der Waals surface area (Å²) in [6.45, 7) is 3.81. The van der Waals surface area contributed by atoms with E-state index in [-0.39, 0.29) is 0 Å². The van der Waals surface area contributed by atoms with Crippen molar-refractivity contribution in [2.75, 3.05) is 38.8 Å². The van der Waals surface area contributed by atoms with Crippen molar-refractivity contribution in [3.8, 4) is 17.2 Å². The smallest absolute Gasteiger partial charge is 0.348 e. The number of esters is 1. The Labute approximate surface area is 156 Å². The van der Waals surface area contributed by atoms with Gasteiger partial charge in [0.1, 0.15) is 15.9 Å². The molecule has 1 aromatic carbocycles. The number of thiophene rings is 1. The van der Waals surface area contributed by atoms with Crippen LogP contribution in [0.5, 0.6) is 0 Å². The van der Waals surface area contributed by atoms with E-state index in [9.17, 15) is 10.1 Å². The molecule has 1 aromatic heterocycles. The summed E-state index contributed by atoms with van der Waals surface area (Å²) in [4.78, 5) is 14.7. The van der Waals surface area contributed by atoms with Crippen molar-refractivity contribution < 1.29 is 14.3 Å². The highest BCUT2D eigenvalue weighted by Crippen LogP contribution is 2.44. The van der Waals surface area contributed by atoms with Crippen LogP contribution in [0.2, 0.25) is 5.02 Å². The van der Waals surface area contributed by atoms with Crippen molar-refractivity contribution in [1.29, 1.82) is 5.26 Å². The van der Waals surface area contributed by atoms with Crippen molar-refractivity contribution in [2.45, 2.75) is 6.92 Å². The predicted molar refractivity (Wildman–Crippen MR) is 101 cm³/mol. The van der Waals surface area contributed by atoms with E-state index >= 15 is 0 Å². The molecule has 0 bridgehead atoms. The van der Waals surface area contributed by atoms with E-state index in [0.717, 1.165) is 5.00 Å². The van der Waals surface area contributed by atoms with Gasteiger partial charge < -0.3 is 14.4 Å². The number of rotatable bonds is 7. The zero-order valence-corrected chi connectivity index (χ0v) is 15.9. The van der Waals surface area contributed by atoms with Crippen molar-refractivity contribution in [3.63, 3.8) is 0 Å². The molecule has 0 saturated heterocycles. The lowest BCUT2D eigenvalue weighted by molar-refractivity contribution is 0.0607. The van der Waals surface area contributed by atoms with Gasteiger partial charge in [-0.05, 0) is 13.0 Å². The van der Waals surface area contributed by atoms with Crippen LogP contribution in [0.3, 0.4) is 0 Å². The zero-order valence-electron chi connectivity index (χ0n) is 14.3. The van der Waals surface area contributed by atoms with Crippen LogP contribution in [0.1, 0.15) is 22.2 Å². The van der Waals surface area contributed by atoms with Crippen LogP contribution in [0.25, 0.3) is 11.1 Å². The van der Waals surface area contributed by atoms with Gasteiger partial charge in [-0.25, -0.2) is 4.79 Å². The topological polar surface area (TPSA) is 62.6 Å². The molecule has 0 aliphatic rings. The largest absolute Gasteiger partial charge is 0.465 e. The maximum absolute atomic E-state index is 12.3. The van der Waals surface area contributed by atoms with Crippen LogP contribution in [-0.4, -0.2) is 39.9 Å². The molecule has 0 aliphatic carbocycles. The molecule has 0 saturated carbocycles. The second kappa shape index (κ2) is 8.86. The van der Waals surface area contributed by atoms with E-state index < -0.39 is 5.97 Å². The molecule has 132 valence electrons. The highest BCUT2D eigenvalue weighted by Gasteiger charge is 2.28. The third kappa shape index (κ3) is 3.96. The van der Waals surface area contributed by atoms with Crippen LogP contribution in [0.4, 0.5) is 5.00 Å². The molecule has 0 amide bonds. The minimum Gasteiger partial charge on any atom is -0.465 e. The third-order valence-electron chi connectivity index (χ3n) is 3.75. The summed E-state index contributed by atoms with van der Waals surface area (Å²) in [7, 11) is 2.95. The number of nitrogens with zero attached hydrogens (tertiary/aromatic N) is 2. The molecule has 0 aliphatic heterocycles. The van der Waals surface area contributed by atoms with E-state index in [1.54, 1.807) is 25.3 Å². The minimum absolute atomic E-state index is 0.373. The molecule has 0 N–H and O–H groups in total. The number of likely N-dealkylation sites (N-methyl/N-ethyl adjacent to an activating group) is 1. The number of halogens is 1. The van der Waals surface area contributed by atoms with Gasteiger partial charge in [0.25, 0.3) is 0 Å². The number of ether oxygens (including phenoxy) is 2. The Bertz CT molecular complexity index is 798. The summed E-state index contributed by atoms with van der Waals surface area (Å²) in [6, 6.07) is 9.40. The molecule has 7 heteroatoms. The van der Waals surface area contributed by atoms with E-state index in [1.807, 2.05) is 17.9 Å². The lowest BCUT2D eigenvalue weighted by Crippen LogP contribution is -2.26. The fraction of sp³-hybridized carbons (Fsp3) is 0.333. The van der Waals surface area contributed by atoms with Crippen molar-refractivity contribution in [3.05, 3.63) is 39.7 Å². The van der Waals surface area contributed by atoms with Gasteiger partial charge in [-0.3, -0.25) is 0 Å². The second-order valence-electron chi connectivity index (χ2n) is 5.14. The molecule has 2 aromatic rings. The van der Waals surface area contributed by atoms with Crippen LogP contribution in [-0.2, 0) is 9.47 Å². The number of benzene rings is 1. The number of hydrogen-bond acceptors (Lipinski definition) is 6. The zero-order chi connectivity index (χ0) is 18.4. The summed E-state index contributed by atoms with van der Waals surface area (Å²) >= 11 is 7.57. The summed E-state index contributed by atoms with van der Waals surface area (Å²) in [5.74, 6) is -0.481. The lowest BCUT2D eigenvalue weighted by Gasteiger charge is -2.21. The normalized spacial score (nSPS) is 10.4. The second-order valence-corrected chi connectivity index (χ2v) is 6.55. The van der Waals surface area contributed by atoms with Crippen molar-refractivity contribution in [1.82, 2.24) is 0 Å². The number of carbonyl (C=O) groups is 1. The highest BCUT2D eigenvalue weighted by molar-refractivity contribution is 7.18. The monoisotopic (exact) mass is 378 g/mol. The molecular weight excluding hydrogens is 360 g/mol. The SMILES string of the molecule is CCN(CCOC)c1sc(C(=O)OC)c(-c2ccccc2Cl)c1C#N. The Morgan fingerprint density at radius 2 is 2.08 bits per heavy atom. The first-order chi connectivity index (χ1) is 12.1. The molecule has 0 radical (unpaired) electrons. The Balaban J connectivity index is 2.70. The standard InChI is InChI=1S/C18H19ClN2O3S/c1-4-21(9-10-23-2)17-13(11-20)15(16(25-17)18(22)24-3)12-7-5-6-8-14(12)19/h5-8H,4,9-10H2,1-3H3. The molecule has 0 spiro atoms. The fourth-order valence-electron chi connectivity index (χ4n) is 2.51. The van der Waals surface area contributed by atoms with Gasteiger partial charge >= 0.3 is 5.97 Å². The van der Waals surface area contributed by atoms with E-state index in [0.29, 0.717) is 46.3 Å². The Hall–Kier alpha value is -2.07. The third-order valence-corrected chi connectivity index (χ3v) is 5.31. The van der Waals surface area contributed by atoms with E-state index in [2.05, 4.69) is 6.07 Å². The molecule has 1 heterocycles. The van der Waals surface area contributed by atoms with Crippen LogP contribution in [0.15, 0.2) is 24.3 Å². The molecule has 25 heavy (non-hydrogen) atoms. The van der Waals surface area contributed by atoms with E-state index in [1.165, 1.54) is 18.4 Å². The van der Waals surface area contributed by atoms with Crippen LogP contribution >= 0.6 is 22.9 Å². The summed E-state index contributed by atoms with van der Waals surface area (Å²) in [5, 5.41) is 11.0. The van der Waals surface area contributed by atoms with Gasteiger partial charge in [-0.2, -0.15) is 5.26 Å². The Morgan fingerprint density at radius 3 is 2.64 bits per heavy atom. The van der Waals surface area contributed by atoms with Crippen molar-refractivity contribution in [2.24, 2.45) is 0 Å². The first-order valence-electron chi connectivity index (χ1n) is 7.72. The lowest BCUT2D eigenvalue weighted by atomic mass is 10.0. The number of anilines is 1. The van der Waals surface area contributed by atoms with Gasteiger partial charge in [0.2, 0.25) is 0 Å². The molecule has 0 fully saturated rings. The molecular formula is C18H19ClN2O3S. The number of nitriles is 1.